The molecule has 1 unspecified atom stereocenters. The van der Waals surface area contributed by atoms with Crippen molar-refractivity contribution in [1.82, 2.24) is 5.32 Å². The number of carbonyl (C=O) groups excluding carboxylic acids is 1. The first-order valence-corrected chi connectivity index (χ1v) is 10.1. The minimum absolute atomic E-state index is 0.102. The van der Waals surface area contributed by atoms with E-state index < -0.39 is 10.0 Å². The monoisotopic (exact) mass is 358 g/mol. The van der Waals surface area contributed by atoms with Crippen molar-refractivity contribution in [3.05, 3.63) is 64.7 Å². The van der Waals surface area contributed by atoms with Crippen LogP contribution in [0.5, 0.6) is 0 Å². The highest BCUT2D eigenvalue weighted by molar-refractivity contribution is 7.92. The molecular formula is C19H22N2O3S. The molecule has 6 heteroatoms. The number of hydrogen-bond donors (Lipinski definition) is 1. The van der Waals surface area contributed by atoms with E-state index >= 15 is 0 Å². The summed E-state index contributed by atoms with van der Waals surface area (Å²) < 4.78 is 25.0. The Morgan fingerprint density at radius 3 is 2.60 bits per heavy atom. The number of amides is 1. The van der Waals surface area contributed by atoms with Crippen molar-refractivity contribution in [3.63, 3.8) is 0 Å². The second-order valence-corrected chi connectivity index (χ2v) is 8.39. The lowest BCUT2D eigenvalue weighted by atomic mass is 10.0. The van der Waals surface area contributed by atoms with Gasteiger partial charge in [0.2, 0.25) is 10.0 Å². The van der Waals surface area contributed by atoms with Crippen LogP contribution in [0.2, 0.25) is 0 Å². The molecule has 2 aromatic carbocycles. The fourth-order valence-corrected chi connectivity index (χ4v) is 4.25. The van der Waals surface area contributed by atoms with Crippen LogP contribution in [0.3, 0.4) is 0 Å². The van der Waals surface area contributed by atoms with E-state index in [2.05, 4.69) is 5.32 Å². The third kappa shape index (κ3) is 3.54. The van der Waals surface area contributed by atoms with E-state index in [-0.39, 0.29) is 11.9 Å². The van der Waals surface area contributed by atoms with Gasteiger partial charge in [-0.2, -0.15) is 0 Å². The molecule has 3 rings (SSSR count). The number of rotatable bonds is 4. The number of benzene rings is 2. The van der Waals surface area contributed by atoms with Crippen molar-refractivity contribution >= 4 is 21.6 Å². The minimum atomic E-state index is -3.28. The molecule has 0 saturated carbocycles. The second kappa shape index (κ2) is 6.52. The molecule has 2 aromatic rings. The van der Waals surface area contributed by atoms with Crippen molar-refractivity contribution < 1.29 is 13.2 Å². The number of anilines is 1. The Bertz CT molecular complexity index is 922. The number of fused-ring (bicyclic) bond motifs is 1. The molecule has 1 amide bonds. The molecule has 1 aliphatic heterocycles. The van der Waals surface area contributed by atoms with Crippen LogP contribution < -0.4 is 9.62 Å². The summed E-state index contributed by atoms with van der Waals surface area (Å²) in [4.78, 5) is 12.6. The average molecular weight is 358 g/mol. The van der Waals surface area contributed by atoms with Gasteiger partial charge in [-0.05, 0) is 55.2 Å². The first-order valence-electron chi connectivity index (χ1n) is 8.24. The Hall–Kier alpha value is -2.34. The molecular weight excluding hydrogens is 336 g/mol. The first-order chi connectivity index (χ1) is 11.8. The summed E-state index contributed by atoms with van der Waals surface area (Å²) in [5, 5.41) is 3.02. The quantitative estimate of drug-likeness (QED) is 0.914. The third-order valence-corrected chi connectivity index (χ3v) is 5.78. The molecule has 0 radical (unpaired) electrons. The van der Waals surface area contributed by atoms with E-state index in [0.717, 1.165) is 16.7 Å². The van der Waals surface area contributed by atoms with E-state index in [9.17, 15) is 13.2 Å². The summed E-state index contributed by atoms with van der Waals surface area (Å²) in [6, 6.07) is 13.1. The molecule has 0 bridgehead atoms. The van der Waals surface area contributed by atoms with Gasteiger partial charge in [0.1, 0.15) is 0 Å². The van der Waals surface area contributed by atoms with Crippen LogP contribution >= 0.6 is 0 Å². The maximum absolute atomic E-state index is 12.6. The van der Waals surface area contributed by atoms with Gasteiger partial charge in [-0.3, -0.25) is 9.10 Å². The largest absolute Gasteiger partial charge is 0.346 e. The molecule has 1 heterocycles. The van der Waals surface area contributed by atoms with E-state index in [1.807, 2.05) is 38.1 Å². The maximum Gasteiger partial charge on any atom is 0.251 e. The number of nitrogens with zero attached hydrogens (tertiary/aromatic N) is 1. The molecule has 0 fully saturated rings. The SMILES string of the molecule is Cc1ccccc1C(C)NC(=O)c1ccc2c(c1)CCN2S(C)(=O)=O. The van der Waals surface area contributed by atoms with Gasteiger partial charge in [-0.25, -0.2) is 8.42 Å². The third-order valence-electron chi connectivity index (χ3n) is 4.60. The predicted octanol–water partition coefficient (Wildman–Crippen LogP) is 2.81. The highest BCUT2D eigenvalue weighted by Crippen LogP contribution is 2.30. The van der Waals surface area contributed by atoms with E-state index in [0.29, 0.717) is 24.2 Å². The molecule has 1 atom stereocenters. The summed E-state index contributed by atoms with van der Waals surface area (Å²) in [6.07, 6.45) is 1.82. The second-order valence-electron chi connectivity index (χ2n) is 6.48. The first kappa shape index (κ1) is 17.5. The van der Waals surface area contributed by atoms with Gasteiger partial charge in [0.15, 0.2) is 0 Å². The van der Waals surface area contributed by atoms with Gasteiger partial charge < -0.3 is 5.32 Å². The Morgan fingerprint density at radius 1 is 1.20 bits per heavy atom. The fraction of sp³-hybridized carbons (Fsp3) is 0.316. The predicted molar refractivity (Wildman–Crippen MR) is 99.4 cm³/mol. The Kier molecular flexibility index (Phi) is 4.56. The summed E-state index contributed by atoms with van der Waals surface area (Å²) in [7, 11) is -3.28. The summed E-state index contributed by atoms with van der Waals surface area (Å²) >= 11 is 0. The molecule has 0 spiro atoms. The van der Waals surface area contributed by atoms with Gasteiger partial charge in [0.25, 0.3) is 5.91 Å². The van der Waals surface area contributed by atoms with Crippen molar-refractivity contribution in [3.8, 4) is 0 Å². The van der Waals surface area contributed by atoms with Crippen molar-refractivity contribution in [2.24, 2.45) is 0 Å². The number of hydrogen-bond acceptors (Lipinski definition) is 3. The van der Waals surface area contributed by atoms with Crippen LogP contribution in [0.25, 0.3) is 0 Å². The highest BCUT2D eigenvalue weighted by atomic mass is 32.2. The van der Waals surface area contributed by atoms with Crippen LogP contribution in [-0.4, -0.2) is 27.1 Å². The lowest BCUT2D eigenvalue weighted by Crippen LogP contribution is -2.28. The molecule has 0 saturated heterocycles. The van der Waals surface area contributed by atoms with E-state index in [4.69, 9.17) is 0 Å². The van der Waals surface area contributed by atoms with Crippen LogP contribution in [0, 0.1) is 6.92 Å². The zero-order valence-electron chi connectivity index (χ0n) is 14.6. The lowest BCUT2D eigenvalue weighted by Gasteiger charge is -2.18. The normalized spacial score (nSPS) is 14.9. The van der Waals surface area contributed by atoms with Crippen LogP contribution in [-0.2, 0) is 16.4 Å². The number of nitrogens with one attached hydrogen (secondary N) is 1. The maximum atomic E-state index is 12.6. The number of sulfonamides is 1. The zero-order valence-corrected chi connectivity index (χ0v) is 15.4. The van der Waals surface area contributed by atoms with Crippen LogP contribution in [0.1, 0.15) is 40.0 Å². The summed E-state index contributed by atoms with van der Waals surface area (Å²) in [5.41, 5.74) is 4.33. The van der Waals surface area contributed by atoms with Gasteiger partial charge in [-0.15, -0.1) is 0 Å². The van der Waals surface area contributed by atoms with Gasteiger partial charge in [0, 0.05) is 12.1 Å². The van der Waals surface area contributed by atoms with Crippen LogP contribution in [0.15, 0.2) is 42.5 Å². The molecule has 0 aliphatic carbocycles. The standard InChI is InChI=1S/C19H22N2O3S/c1-13-6-4-5-7-17(13)14(2)20-19(22)16-8-9-18-15(12-16)10-11-21(18)25(3,23)24/h4-9,12,14H,10-11H2,1-3H3,(H,20,22). The zero-order chi connectivity index (χ0) is 18.2. The smallest absolute Gasteiger partial charge is 0.251 e. The molecule has 0 aromatic heterocycles. The fourth-order valence-electron chi connectivity index (χ4n) is 3.29. The van der Waals surface area contributed by atoms with Gasteiger partial charge in [-0.1, -0.05) is 24.3 Å². The highest BCUT2D eigenvalue weighted by Gasteiger charge is 2.27. The van der Waals surface area contributed by atoms with Crippen molar-refractivity contribution in [2.75, 3.05) is 17.1 Å². The number of aryl methyl sites for hydroxylation is 1. The van der Waals surface area contributed by atoms with Crippen LogP contribution in [0.4, 0.5) is 5.69 Å². The van der Waals surface area contributed by atoms with E-state index in [1.165, 1.54) is 10.6 Å². The van der Waals surface area contributed by atoms with Gasteiger partial charge >= 0.3 is 0 Å². The molecule has 5 nitrogen and oxygen atoms in total. The topological polar surface area (TPSA) is 66.5 Å². The lowest BCUT2D eigenvalue weighted by molar-refractivity contribution is 0.0939. The number of carbonyl (C=O) groups is 1. The van der Waals surface area contributed by atoms with Crippen molar-refractivity contribution in [2.45, 2.75) is 26.3 Å². The van der Waals surface area contributed by atoms with E-state index in [1.54, 1.807) is 18.2 Å². The molecule has 1 N–H and O–H groups in total. The van der Waals surface area contributed by atoms with Crippen molar-refractivity contribution in [1.29, 1.82) is 0 Å². The summed E-state index contributed by atoms with van der Waals surface area (Å²) in [6.45, 7) is 4.41. The minimum Gasteiger partial charge on any atom is -0.346 e. The van der Waals surface area contributed by atoms with Gasteiger partial charge in [0.05, 0.1) is 18.0 Å². The molecule has 25 heavy (non-hydrogen) atoms. The molecule has 1 aliphatic rings. The molecule has 132 valence electrons. The Balaban J connectivity index is 1.79. The Morgan fingerprint density at radius 2 is 1.92 bits per heavy atom. The Labute approximate surface area is 148 Å². The average Bonchev–Trinajstić information content (AvgIpc) is 2.98. The summed E-state index contributed by atoms with van der Waals surface area (Å²) in [5.74, 6) is -0.156.